The zero-order chi connectivity index (χ0) is 10.7. The van der Waals surface area contributed by atoms with Crippen LogP contribution >= 0.6 is 0 Å². The molecule has 2 N–H and O–H groups in total. The van der Waals surface area contributed by atoms with E-state index in [2.05, 4.69) is 30.6 Å². The standard InChI is InChI=1S/C11H21N3/c1-5-10(6-2)14-9(4)11(7-12)8(3)13-14/h10H,5-7,12H2,1-4H3. The van der Waals surface area contributed by atoms with E-state index in [0.29, 0.717) is 12.6 Å². The highest BCUT2D eigenvalue weighted by Gasteiger charge is 2.14. The Balaban J connectivity index is 3.09. The van der Waals surface area contributed by atoms with E-state index < -0.39 is 0 Å². The van der Waals surface area contributed by atoms with Crippen LogP contribution in [0.5, 0.6) is 0 Å². The highest BCUT2D eigenvalue weighted by Crippen LogP contribution is 2.21. The third-order valence-electron chi connectivity index (χ3n) is 2.97. The van der Waals surface area contributed by atoms with Crippen molar-refractivity contribution < 1.29 is 0 Å². The van der Waals surface area contributed by atoms with Crippen molar-refractivity contribution in [2.24, 2.45) is 5.73 Å². The number of hydrogen-bond acceptors (Lipinski definition) is 2. The molecule has 0 amide bonds. The zero-order valence-electron chi connectivity index (χ0n) is 9.67. The van der Waals surface area contributed by atoms with Gasteiger partial charge in [0.25, 0.3) is 0 Å². The van der Waals surface area contributed by atoms with Crippen molar-refractivity contribution >= 4 is 0 Å². The molecule has 0 aromatic carbocycles. The van der Waals surface area contributed by atoms with Gasteiger partial charge in [-0.15, -0.1) is 0 Å². The van der Waals surface area contributed by atoms with E-state index in [1.54, 1.807) is 0 Å². The van der Waals surface area contributed by atoms with Crippen LogP contribution in [-0.4, -0.2) is 9.78 Å². The molecule has 3 nitrogen and oxygen atoms in total. The van der Waals surface area contributed by atoms with Crippen molar-refractivity contribution in [1.29, 1.82) is 0 Å². The lowest BCUT2D eigenvalue weighted by molar-refractivity contribution is 0.418. The van der Waals surface area contributed by atoms with Gasteiger partial charge in [-0.3, -0.25) is 4.68 Å². The minimum absolute atomic E-state index is 0.522. The monoisotopic (exact) mass is 195 g/mol. The SMILES string of the molecule is CCC(CC)n1nc(C)c(CN)c1C. The number of aromatic nitrogens is 2. The number of nitrogens with two attached hydrogens (primary N) is 1. The predicted molar refractivity (Wildman–Crippen MR) is 59.2 cm³/mol. The largest absolute Gasteiger partial charge is 0.326 e. The first kappa shape index (κ1) is 11.2. The van der Waals surface area contributed by atoms with E-state index >= 15 is 0 Å². The minimum atomic E-state index is 0.522. The molecule has 0 spiro atoms. The summed E-state index contributed by atoms with van der Waals surface area (Å²) in [5, 5.41) is 4.56. The summed E-state index contributed by atoms with van der Waals surface area (Å²) in [6.07, 6.45) is 2.25. The van der Waals surface area contributed by atoms with Crippen LogP contribution in [0.4, 0.5) is 0 Å². The van der Waals surface area contributed by atoms with Crippen LogP contribution in [0.1, 0.15) is 49.7 Å². The summed E-state index contributed by atoms with van der Waals surface area (Å²) in [7, 11) is 0. The lowest BCUT2D eigenvalue weighted by Crippen LogP contribution is -2.11. The summed E-state index contributed by atoms with van der Waals surface area (Å²) in [6, 6.07) is 0.522. The molecule has 0 radical (unpaired) electrons. The van der Waals surface area contributed by atoms with Crippen molar-refractivity contribution in [2.75, 3.05) is 0 Å². The molecule has 0 atom stereocenters. The average Bonchev–Trinajstić information content (AvgIpc) is 2.45. The Kier molecular flexibility index (Phi) is 3.69. The molecular formula is C11H21N3. The van der Waals surface area contributed by atoms with E-state index in [1.165, 1.54) is 11.3 Å². The van der Waals surface area contributed by atoms with Gasteiger partial charge in [0, 0.05) is 17.8 Å². The van der Waals surface area contributed by atoms with Crippen molar-refractivity contribution in [1.82, 2.24) is 9.78 Å². The Labute approximate surface area is 86.3 Å². The molecule has 0 aliphatic heterocycles. The molecule has 0 aliphatic rings. The molecule has 0 fully saturated rings. The molecule has 0 saturated carbocycles. The Bertz CT molecular complexity index is 298. The Hall–Kier alpha value is -0.830. The molecular weight excluding hydrogens is 174 g/mol. The third kappa shape index (κ3) is 1.82. The topological polar surface area (TPSA) is 43.8 Å². The van der Waals surface area contributed by atoms with Crippen LogP contribution in [0.25, 0.3) is 0 Å². The fraction of sp³-hybridized carbons (Fsp3) is 0.727. The van der Waals surface area contributed by atoms with Crippen LogP contribution < -0.4 is 5.73 Å². The van der Waals surface area contributed by atoms with E-state index in [4.69, 9.17) is 5.73 Å². The van der Waals surface area contributed by atoms with Crippen molar-refractivity contribution in [3.63, 3.8) is 0 Å². The highest BCUT2D eigenvalue weighted by atomic mass is 15.3. The van der Waals surface area contributed by atoms with Gasteiger partial charge in [-0.05, 0) is 26.7 Å². The summed E-state index contributed by atoms with van der Waals surface area (Å²) in [6.45, 7) is 9.14. The Morgan fingerprint density at radius 3 is 2.21 bits per heavy atom. The Morgan fingerprint density at radius 1 is 1.29 bits per heavy atom. The zero-order valence-corrected chi connectivity index (χ0v) is 9.67. The maximum absolute atomic E-state index is 5.69. The van der Waals surface area contributed by atoms with Gasteiger partial charge in [0.2, 0.25) is 0 Å². The van der Waals surface area contributed by atoms with E-state index in [-0.39, 0.29) is 0 Å². The van der Waals surface area contributed by atoms with Gasteiger partial charge >= 0.3 is 0 Å². The molecule has 0 bridgehead atoms. The molecule has 0 saturated heterocycles. The first-order valence-electron chi connectivity index (χ1n) is 5.40. The fourth-order valence-corrected chi connectivity index (χ4v) is 1.98. The third-order valence-corrected chi connectivity index (χ3v) is 2.97. The van der Waals surface area contributed by atoms with Gasteiger partial charge in [0.05, 0.1) is 11.7 Å². The van der Waals surface area contributed by atoms with Gasteiger partial charge in [0.15, 0.2) is 0 Å². The minimum Gasteiger partial charge on any atom is -0.326 e. The fourth-order valence-electron chi connectivity index (χ4n) is 1.98. The molecule has 1 aromatic heterocycles. The molecule has 1 heterocycles. The summed E-state index contributed by atoms with van der Waals surface area (Å²) in [5.74, 6) is 0. The lowest BCUT2D eigenvalue weighted by atomic mass is 10.1. The van der Waals surface area contributed by atoms with Gasteiger partial charge in [-0.25, -0.2) is 0 Å². The number of nitrogens with zero attached hydrogens (tertiary/aromatic N) is 2. The van der Waals surface area contributed by atoms with Crippen LogP contribution in [-0.2, 0) is 6.54 Å². The molecule has 1 rings (SSSR count). The van der Waals surface area contributed by atoms with Gasteiger partial charge in [-0.1, -0.05) is 13.8 Å². The number of rotatable bonds is 4. The van der Waals surface area contributed by atoms with Crippen LogP contribution in [0.2, 0.25) is 0 Å². The normalized spacial score (nSPS) is 11.3. The smallest absolute Gasteiger partial charge is 0.0641 e. The van der Waals surface area contributed by atoms with Gasteiger partial charge in [-0.2, -0.15) is 5.10 Å². The maximum atomic E-state index is 5.69. The highest BCUT2D eigenvalue weighted by molar-refractivity contribution is 5.24. The van der Waals surface area contributed by atoms with Gasteiger partial charge < -0.3 is 5.73 Å². The predicted octanol–water partition coefficient (Wildman–Crippen LogP) is 2.32. The second-order valence-corrected chi connectivity index (χ2v) is 3.77. The van der Waals surface area contributed by atoms with Crippen molar-refractivity contribution in [3.8, 4) is 0 Å². The molecule has 14 heavy (non-hydrogen) atoms. The quantitative estimate of drug-likeness (QED) is 0.801. The second kappa shape index (κ2) is 4.60. The van der Waals surface area contributed by atoms with Crippen molar-refractivity contribution in [3.05, 3.63) is 17.0 Å². The summed E-state index contributed by atoms with van der Waals surface area (Å²) >= 11 is 0. The first-order valence-corrected chi connectivity index (χ1v) is 5.40. The maximum Gasteiger partial charge on any atom is 0.0641 e. The molecule has 0 aliphatic carbocycles. The van der Waals surface area contributed by atoms with Crippen LogP contribution in [0.3, 0.4) is 0 Å². The molecule has 80 valence electrons. The average molecular weight is 195 g/mol. The summed E-state index contributed by atoms with van der Waals surface area (Å²) in [4.78, 5) is 0. The van der Waals surface area contributed by atoms with E-state index in [9.17, 15) is 0 Å². The molecule has 0 unspecified atom stereocenters. The number of aryl methyl sites for hydroxylation is 1. The molecule has 3 heteroatoms. The lowest BCUT2D eigenvalue weighted by Gasteiger charge is -2.15. The number of hydrogen-bond donors (Lipinski definition) is 1. The van der Waals surface area contributed by atoms with Crippen LogP contribution in [0.15, 0.2) is 0 Å². The summed E-state index contributed by atoms with van der Waals surface area (Å²) < 4.78 is 2.14. The van der Waals surface area contributed by atoms with E-state index in [0.717, 1.165) is 18.5 Å². The first-order chi connectivity index (χ1) is 6.65. The van der Waals surface area contributed by atoms with Crippen molar-refractivity contribution in [2.45, 2.75) is 53.1 Å². The van der Waals surface area contributed by atoms with Crippen LogP contribution in [0, 0.1) is 13.8 Å². The second-order valence-electron chi connectivity index (χ2n) is 3.77. The molecule has 1 aromatic rings. The van der Waals surface area contributed by atoms with E-state index in [1.807, 2.05) is 6.92 Å². The summed E-state index contributed by atoms with van der Waals surface area (Å²) in [5.41, 5.74) is 9.22. The van der Waals surface area contributed by atoms with Gasteiger partial charge in [0.1, 0.15) is 0 Å². The Morgan fingerprint density at radius 2 is 1.86 bits per heavy atom.